The maximum atomic E-state index is 12.4. The van der Waals surface area contributed by atoms with Crippen LogP contribution in [0.25, 0.3) is 0 Å². The highest BCUT2D eigenvalue weighted by Gasteiger charge is 2.37. The molecule has 0 aromatic carbocycles. The quantitative estimate of drug-likeness (QED) is 0.813. The molecule has 1 N–H and O–H groups in total. The van der Waals surface area contributed by atoms with Gasteiger partial charge in [0, 0.05) is 38.7 Å². The molecule has 1 unspecified atom stereocenters. The third-order valence-corrected chi connectivity index (χ3v) is 5.22. The maximum Gasteiger partial charge on any atom is 0.276 e. The first-order valence-corrected chi connectivity index (χ1v) is 8.95. The summed E-state index contributed by atoms with van der Waals surface area (Å²) < 4.78 is 10.5. The number of likely N-dealkylation sites (tertiary alicyclic amines) is 1. The highest BCUT2D eigenvalue weighted by Crippen LogP contribution is 2.26. The van der Waals surface area contributed by atoms with Crippen molar-refractivity contribution in [2.75, 3.05) is 26.7 Å². The van der Waals surface area contributed by atoms with Crippen molar-refractivity contribution in [3.05, 3.63) is 18.0 Å². The van der Waals surface area contributed by atoms with Crippen molar-refractivity contribution >= 4 is 11.8 Å². The number of nitrogens with zero attached hydrogens (tertiary/aromatic N) is 2. The molecule has 2 heterocycles. The summed E-state index contributed by atoms with van der Waals surface area (Å²) in [6.45, 7) is 7.76. The van der Waals surface area contributed by atoms with Crippen LogP contribution in [0.4, 0.5) is 0 Å². The highest BCUT2D eigenvalue weighted by molar-refractivity contribution is 5.92. The first-order chi connectivity index (χ1) is 11.9. The fourth-order valence-electron chi connectivity index (χ4n) is 3.39. The Kier molecular flexibility index (Phi) is 6.58. The van der Waals surface area contributed by atoms with Crippen molar-refractivity contribution in [3.8, 4) is 0 Å². The van der Waals surface area contributed by atoms with E-state index in [4.69, 9.17) is 9.26 Å². The van der Waals surface area contributed by atoms with E-state index in [2.05, 4.69) is 24.3 Å². The van der Waals surface area contributed by atoms with Crippen LogP contribution in [0, 0.1) is 11.8 Å². The Labute approximate surface area is 149 Å². The summed E-state index contributed by atoms with van der Waals surface area (Å²) in [6.07, 6.45) is 3.56. The van der Waals surface area contributed by atoms with Gasteiger partial charge in [-0.25, -0.2) is 0 Å². The van der Waals surface area contributed by atoms with Gasteiger partial charge in [0.1, 0.15) is 6.26 Å². The van der Waals surface area contributed by atoms with Crippen LogP contribution < -0.4 is 5.32 Å². The molecule has 1 aliphatic heterocycles. The number of piperidine rings is 1. The second-order valence-corrected chi connectivity index (χ2v) is 7.04. The van der Waals surface area contributed by atoms with Gasteiger partial charge in [0.05, 0.1) is 5.60 Å². The number of hydrogen-bond acceptors (Lipinski definition) is 5. The SMILES string of the molecule is CCC(C(=O)NCC1(OC)CCN(C(=O)c2ccon2)CC1)C(C)C. The molecule has 0 radical (unpaired) electrons. The lowest BCUT2D eigenvalue weighted by atomic mass is 9.89. The van der Waals surface area contributed by atoms with Crippen LogP contribution in [0.15, 0.2) is 16.9 Å². The van der Waals surface area contributed by atoms with Gasteiger partial charge in [-0.1, -0.05) is 25.9 Å². The van der Waals surface area contributed by atoms with Crippen molar-refractivity contribution in [2.24, 2.45) is 11.8 Å². The van der Waals surface area contributed by atoms with Crippen molar-refractivity contribution in [1.82, 2.24) is 15.4 Å². The van der Waals surface area contributed by atoms with Crippen LogP contribution in [0.5, 0.6) is 0 Å². The third-order valence-electron chi connectivity index (χ3n) is 5.22. The number of aromatic nitrogens is 1. The molecule has 1 saturated heterocycles. The van der Waals surface area contributed by atoms with Gasteiger partial charge < -0.3 is 19.5 Å². The topological polar surface area (TPSA) is 84.7 Å². The minimum atomic E-state index is -0.425. The lowest BCUT2D eigenvalue weighted by Gasteiger charge is -2.41. The number of amides is 2. The lowest BCUT2D eigenvalue weighted by Crippen LogP contribution is -2.54. The van der Waals surface area contributed by atoms with Gasteiger partial charge in [-0.15, -0.1) is 0 Å². The molecular formula is C18H29N3O4. The Morgan fingerprint density at radius 3 is 2.56 bits per heavy atom. The molecule has 2 amide bonds. The molecule has 25 heavy (non-hydrogen) atoms. The molecule has 0 aliphatic carbocycles. The number of carbonyl (C=O) groups excluding carboxylic acids is 2. The van der Waals surface area contributed by atoms with Crippen LogP contribution in [-0.2, 0) is 9.53 Å². The van der Waals surface area contributed by atoms with Gasteiger partial charge in [-0.05, 0) is 25.2 Å². The number of ether oxygens (including phenoxy) is 1. The molecule has 1 aromatic rings. The Bertz CT molecular complexity index is 563. The number of nitrogens with one attached hydrogen (secondary N) is 1. The molecule has 0 spiro atoms. The minimum Gasteiger partial charge on any atom is -0.376 e. The van der Waals surface area contributed by atoms with Crippen molar-refractivity contribution in [2.45, 2.75) is 45.6 Å². The zero-order valence-electron chi connectivity index (χ0n) is 15.6. The standard InChI is InChI=1S/C18H29N3O4/c1-5-14(13(2)3)16(22)19-12-18(24-4)7-9-21(10-8-18)17(23)15-6-11-25-20-15/h6,11,13-14H,5,7-10,12H2,1-4H3,(H,19,22). The van der Waals surface area contributed by atoms with Crippen LogP contribution in [0.1, 0.15) is 50.5 Å². The molecule has 1 aliphatic rings. The third kappa shape index (κ3) is 4.60. The smallest absolute Gasteiger partial charge is 0.276 e. The Morgan fingerprint density at radius 1 is 1.40 bits per heavy atom. The normalized spacial score (nSPS) is 18.2. The predicted molar refractivity (Wildman–Crippen MR) is 93.0 cm³/mol. The molecule has 0 saturated carbocycles. The van der Waals surface area contributed by atoms with E-state index in [1.807, 2.05) is 6.92 Å². The number of rotatable bonds is 7. The lowest BCUT2D eigenvalue weighted by molar-refractivity contribution is -0.129. The number of methoxy groups -OCH3 is 1. The molecule has 1 atom stereocenters. The molecule has 2 rings (SSSR count). The summed E-state index contributed by atoms with van der Waals surface area (Å²) in [5.41, 5.74) is -0.105. The molecular weight excluding hydrogens is 322 g/mol. The number of hydrogen-bond donors (Lipinski definition) is 1. The van der Waals surface area contributed by atoms with Crippen LogP contribution in [-0.4, -0.2) is 54.2 Å². The minimum absolute atomic E-state index is 0.0164. The monoisotopic (exact) mass is 351 g/mol. The van der Waals surface area contributed by atoms with Crippen LogP contribution in [0.2, 0.25) is 0 Å². The number of carbonyl (C=O) groups is 2. The van der Waals surface area contributed by atoms with E-state index < -0.39 is 5.60 Å². The van der Waals surface area contributed by atoms with E-state index in [0.717, 1.165) is 6.42 Å². The van der Waals surface area contributed by atoms with Gasteiger partial charge in [0.2, 0.25) is 5.91 Å². The molecule has 1 aromatic heterocycles. The van der Waals surface area contributed by atoms with Crippen molar-refractivity contribution in [1.29, 1.82) is 0 Å². The van der Waals surface area contributed by atoms with E-state index in [-0.39, 0.29) is 17.7 Å². The van der Waals surface area contributed by atoms with Crippen molar-refractivity contribution in [3.63, 3.8) is 0 Å². The van der Waals surface area contributed by atoms with Gasteiger partial charge in [-0.2, -0.15) is 0 Å². The molecule has 140 valence electrons. The average molecular weight is 351 g/mol. The Hall–Kier alpha value is -1.89. The Balaban J connectivity index is 1.90. The summed E-state index contributed by atoms with van der Waals surface area (Å²) in [5, 5.41) is 6.75. The summed E-state index contributed by atoms with van der Waals surface area (Å²) in [6, 6.07) is 1.57. The molecule has 0 bridgehead atoms. The summed E-state index contributed by atoms with van der Waals surface area (Å²) in [5.74, 6) is 0.275. The van der Waals surface area contributed by atoms with Gasteiger partial charge in [0.15, 0.2) is 5.69 Å². The zero-order chi connectivity index (χ0) is 18.4. The fraction of sp³-hybridized carbons (Fsp3) is 0.722. The van der Waals surface area contributed by atoms with Gasteiger partial charge in [0.25, 0.3) is 5.91 Å². The van der Waals surface area contributed by atoms with E-state index in [1.165, 1.54) is 6.26 Å². The summed E-state index contributed by atoms with van der Waals surface area (Å²) >= 11 is 0. The highest BCUT2D eigenvalue weighted by atomic mass is 16.5. The van der Waals surface area contributed by atoms with Crippen LogP contribution >= 0.6 is 0 Å². The van der Waals surface area contributed by atoms with Crippen molar-refractivity contribution < 1.29 is 18.8 Å². The zero-order valence-corrected chi connectivity index (χ0v) is 15.6. The van der Waals surface area contributed by atoms with E-state index >= 15 is 0 Å². The van der Waals surface area contributed by atoms with Crippen LogP contribution in [0.3, 0.4) is 0 Å². The second kappa shape index (κ2) is 8.47. The maximum absolute atomic E-state index is 12.4. The van der Waals surface area contributed by atoms with Gasteiger partial charge in [-0.3, -0.25) is 9.59 Å². The van der Waals surface area contributed by atoms with E-state index in [0.29, 0.717) is 44.1 Å². The summed E-state index contributed by atoms with van der Waals surface area (Å²) in [4.78, 5) is 26.5. The molecule has 7 nitrogen and oxygen atoms in total. The largest absolute Gasteiger partial charge is 0.376 e. The first-order valence-electron chi connectivity index (χ1n) is 8.95. The fourth-order valence-corrected chi connectivity index (χ4v) is 3.39. The van der Waals surface area contributed by atoms with E-state index in [9.17, 15) is 9.59 Å². The van der Waals surface area contributed by atoms with Gasteiger partial charge >= 0.3 is 0 Å². The summed E-state index contributed by atoms with van der Waals surface area (Å²) in [7, 11) is 1.67. The predicted octanol–water partition coefficient (Wildman–Crippen LogP) is 2.09. The molecule has 1 fully saturated rings. The average Bonchev–Trinajstić information content (AvgIpc) is 3.15. The Morgan fingerprint density at radius 2 is 2.08 bits per heavy atom. The molecule has 7 heteroatoms. The van der Waals surface area contributed by atoms with E-state index in [1.54, 1.807) is 18.1 Å². The first kappa shape index (κ1) is 19.4. The second-order valence-electron chi connectivity index (χ2n) is 7.04.